The minimum absolute atomic E-state index is 0.286. The van der Waals surface area contributed by atoms with Crippen LogP contribution < -0.4 is 9.64 Å². The smallest absolute Gasteiger partial charge is 0.298 e. The summed E-state index contributed by atoms with van der Waals surface area (Å²) in [5.74, 6) is 0.195. The van der Waals surface area contributed by atoms with Gasteiger partial charge < -0.3 is 4.74 Å². The fourth-order valence-corrected chi connectivity index (χ4v) is 4.16. The predicted molar refractivity (Wildman–Crippen MR) is 122 cm³/mol. The van der Waals surface area contributed by atoms with Crippen LogP contribution in [0.15, 0.2) is 77.7 Å². The molecule has 0 spiro atoms. The maximum atomic E-state index is 12.9. The maximum Gasteiger partial charge on any atom is 0.298 e. The van der Waals surface area contributed by atoms with Crippen molar-refractivity contribution in [1.29, 1.82) is 0 Å². The minimum atomic E-state index is -0.395. The van der Waals surface area contributed by atoms with E-state index in [-0.39, 0.29) is 11.8 Å². The molecule has 0 bridgehead atoms. The van der Waals surface area contributed by atoms with Gasteiger partial charge in [-0.1, -0.05) is 65.7 Å². The van der Waals surface area contributed by atoms with Crippen LogP contribution in [-0.4, -0.2) is 11.1 Å². The van der Waals surface area contributed by atoms with Crippen molar-refractivity contribution >= 4 is 57.9 Å². The topological polar surface area (TPSA) is 46.6 Å². The zero-order valence-corrected chi connectivity index (χ0v) is 17.9. The summed E-state index contributed by atoms with van der Waals surface area (Å²) in [5, 5.41) is 0.703. The lowest BCUT2D eigenvalue weighted by atomic mass is 10.1. The Morgan fingerprint density at radius 1 is 0.933 bits per heavy atom. The van der Waals surface area contributed by atoms with Gasteiger partial charge in [-0.25, -0.2) is 4.90 Å². The van der Waals surface area contributed by atoms with Crippen LogP contribution in [0, 0.1) is 0 Å². The van der Waals surface area contributed by atoms with Gasteiger partial charge in [0.05, 0.1) is 10.6 Å². The van der Waals surface area contributed by atoms with E-state index in [9.17, 15) is 9.59 Å². The maximum absolute atomic E-state index is 12.9. The van der Waals surface area contributed by atoms with Gasteiger partial charge >= 0.3 is 0 Å². The van der Waals surface area contributed by atoms with E-state index in [1.807, 2.05) is 42.5 Å². The number of ether oxygens (including phenoxy) is 1. The monoisotopic (exact) mass is 455 g/mol. The average Bonchev–Trinajstić information content (AvgIpc) is 3.01. The van der Waals surface area contributed by atoms with Crippen LogP contribution in [0.1, 0.15) is 11.1 Å². The second-order valence-corrected chi connectivity index (χ2v) is 8.25. The third kappa shape index (κ3) is 4.38. The Labute approximate surface area is 188 Å². The van der Waals surface area contributed by atoms with Gasteiger partial charge in [-0.3, -0.25) is 9.59 Å². The molecule has 30 heavy (non-hydrogen) atoms. The van der Waals surface area contributed by atoms with Crippen molar-refractivity contribution in [3.05, 3.63) is 98.9 Å². The van der Waals surface area contributed by atoms with E-state index in [1.165, 1.54) is 0 Å². The number of rotatable bonds is 5. The van der Waals surface area contributed by atoms with E-state index in [4.69, 9.17) is 27.9 Å². The number of hydrogen-bond acceptors (Lipinski definition) is 4. The molecule has 4 rings (SSSR count). The summed E-state index contributed by atoms with van der Waals surface area (Å²) in [5.41, 5.74) is 1.99. The highest BCUT2D eigenvalue weighted by Crippen LogP contribution is 2.37. The van der Waals surface area contributed by atoms with Gasteiger partial charge in [-0.15, -0.1) is 0 Å². The van der Waals surface area contributed by atoms with Crippen molar-refractivity contribution in [2.24, 2.45) is 0 Å². The molecule has 0 aromatic heterocycles. The van der Waals surface area contributed by atoms with E-state index in [0.717, 1.165) is 22.2 Å². The van der Waals surface area contributed by atoms with Gasteiger partial charge in [-0.2, -0.15) is 0 Å². The molecule has 0 unspecified atom stereocenters. The molecule has 0 radical (unpaired) electrons. The van der Waals surface area contributed by atoms with Crippen molar-refractivity contribution in [3.8, 4) is 5.75 Å². The highest BCUT2D eigenvalue weighted by atomic mass is 35.5. The minimum Gasteiger partial charge on any atom is -0.488 e. The fraction of sp³-hybridized carbons (Fsp3) is 0.0435. The summed E-state index contributed by atoms with van der Waals surface area (Å²) >= 11 is 13.1. The Morgan fingerprint density at radius 2 is 1.70 bits per heavy atom. The third-order valence-corrected chi connectivity index (χ3v) is 5.88. The number of nitrogens with zero attached hydrogens (tertiary/aromatic N) is 1. The van der Waals surface area contributed by atoms with E-state index < -0.39 is 5.91 Å². The zero-order valence-electron chi connectivity index (χ0n) is 15.5. The standard InChI is InChI=1S/C23H15Cl2NO3S/c24-17-8-5-9-18(13-17)26-22(27)21(30-23(26)28)12-15-6-2-4-11-20(15)29-14-16-7-1-3-10-19(16)25/h1-13H,14H2/b21-12+. The first-order valence-corrected chi connectivity index (χ1v) is 10.6. The summed E-state index contributed by atoms with van der Waals surface area (Å²) in [7, 11) is 0. The van der Waals surface area contributed by atoms with Crippen molar-refractivity contribution in [2.75, 3.05) is 4.90 Å². The molecule has 7 heteroatoms. The largest absolute Gasteiger partial charge is 0.488 e. The lowest BCUT2D eigenvalue weighted by Gasteiger charge is -2.12. The molecule has 1 heterocycles. The molecular formula is C23H15Cl2NO3S. The summed E-state index contributed by atoms with van der Waals surface area (Å²) in [4.78, 5) is 26.8. The number of hydrogen-bond donors (Lipinski definition) is 0. The summed E-state index contributed by atoms with van der Waals surface area (Å²) < 4.78 is 5.94. The van der Waals surface area contributed by atoms with E-state index in [1.54, 1.807) is 36.4 Å². The second-order valence-electron chi connectivity index (χ2n) is 6.41. The highest BCUT2D eigenvalue weighted by molar-refractivity contribution is 8.19. The number of halogens is 2. The molecule has 2 amide bonds. The predicted octanol–water partition coefficient (Wildman–Crippen LogP) is 6.81. The van der Waals surface area contributed by atoms with Crippen LogP contribution in [0.5, 0.6) is 5.75 Å². The molecule has 0 aliphatic carbocycles. The van der Waals surface area contributed by atoms with Gasteiger partial charge in [0.25, 0.3) is 11.1 Å². The Bertz CT molecular complexity index is 1160. The molecule has 0 saturated carbocycles. The first kappa shape index (κ1) is 20.5. The quantitative estimate of drug-likeness (QED) is 0.396. The number of para-hydroxylation sites is 1. The van der Waals surface area contributed by atoms with Crippen LogP contribution in [0.25, 0.3) is 6.08 Å². The number of benzene rings is 3. The summed E-state index contributed by atoms with van der Waals surface area (Å²) in [6.45, 7) is 0.286. The summed E-state index contributed by atoms with van der Waals surface area (Å²) in [6.07, 6.45) is 1.66. The molecule has 1 fully saturated rings. The number of thioether (sulfide) groups is 1. The molecule has 1 aliphatic heterocycles. The molecule has 0 N–H and O–H groups in total. The SMILES string of the molecule is O=C1S/C(=C/c2ccccc2OCc2ccccc2Cl)C(=O)N1c1cccc(Cl)c1. The van der Waals surface area contributed by atoms with E-state index in [2.05, 4.69) is 0 Å². The molecule has 0 atom stereocenters. The molecular weight excluding hydrogens is 441 g/mol. The fourth-order valence-electron chi connectivity index (χ4n) is 2.95. The Hall–Kier alpha value is -2.73. The van der Waals surface area contributed by atoms with Gasteiger partial charge in [0.2, 0.25) is 0 Å². The van der Waals surface area contributed by atoms with Crippen molar-refractivity contribution in [1.82, 2.24) is 0 Å². The van der Waals surface area contributed by atoms with E-state index in [0.29, 0.717) is 32.0 Å². The highest BCUT2D eigenvalue weighted by Gasteiger charge is 2.36. The number of amides is 2. The van der Waals surface area contributed by atoms with Gasteiger partial charge in [0, 0.05) is 21.2 Å². The van der Waals surface area contributed by atoms with Crippen LogP contribution >= 0.6 is 35.0 Å². The van der Waals surface area contributed by atoms with Gasteiger partial charge in [-0.05, 0) is 48.2 Å². The number of carbonyl (C=O) groups excluding carboxylic acids is 2. The lowest BCUT2D eigenvalue weighted by molar-refractivity contribution is -0.113. The average molecular weight is 456 g/mol. The first-order chi connectivity index (χ1) is 14.5. The van der Waals surface area contributed by atoms with Crippen LogP contribution in [0.4, 0.5) is 10.5 Å². The normalized spacial score (nSPS) is 15.1. The number of anilines is 1. The molecule has 1 aliphatic rings. The number of carbonyl (C=O) groups is 2. The molecule has 4 nitrogen and oxygen atoms in total. The Kier molecular flexibility index (Phi) is 6.13. The molecule has 150 valence electrons. The molecule has 1 saturated heterocycles. The van der Waals surface area contributed by atoms with Crippen LogP contribution in [0.2, 0.25) is 10.0 Å². The van der Waals surface area contributed by atoms with Crippen molar-refractivity contribution in [3.63, 3.8) is 0 Å². The van der Waals surface area contributed by atoms with Crippen LogP contribution in [0.3, 0.4) is 0 Å². The molecule has 3 aromatic carbocycles. The van der Waals surface area contributed by atoms with Gasteiger partial charge in [0.1, 0.15) is 12.4 Å². The van der Waals surface area contributed by atoms with Crippen LogP contribution in [-0.2, 0) is 11.4 Å². The van der Waals surface area contributed by atoms with Gasteiger partial charge in [0.15, 0.2) is 0 Å². The Balaban J connectivity index is 1.59. The molecule has 3 aromatic rings. The Morgan fingerprint density at radius 3 is 2.50 bits per heavy atom. The third-order valence-electron chi connectivity index (χ3n) is 4.41. The zero-order chi connectivity index (χ0) is 21.1. The lowest BCUT2D eigenvalue weighted by Crippen LogP contribution is -2.27. The second kappa shape index (κ2) is 8.96. The summed E-state index contributed by atoms with van der Waals surface area (Å²) in [6, 6.07) is 21.4. The van der Waals surface area contributed by atoms with E-state index >= 15 is 0 Å². The number of imide groups is 1. The van der Waals surface area contributed by atoms with Crippen molar-refractivity contribution in [2.45, 2.75) is 6.61 Å². The first-order valence-electron chi connectivity index (χ1n) is 9.02. The van der Waals surface area contributed by atoms with Crippen molar-refractivity contribution < 1.29 is 14.3 Å².